The minimum Gasteiger partial charge on any atom is -0.465 e. The molecule has 0 saturated carbocycles. The fourth-order valence-corrected chi connectivity index (χ4v) is 2.66. The van der Waals surface area contributed by atoms with Gasteiger partial charge in [0.1, 0.15) is 16.9 Å². The Morgan fingerprint density at radius 3 is 1.49 bits per heavy atom. The number of methoxy groups -OCH3 is 2. The van der Waals surface area contributed by atoms with Crippen LogP contribution in [0.1, 0.15) is 31.8 Å². The number of halogens is 7. The number of anilines is 1. The van der Waals surface area contributed by atoms with Gasteiger partial charge in [-0.1, -0.05) is 0 Å². The molecule has 0 amide bonds. The Labute approximate surface area is 201 Å². The van der Waals surface area contributed by atoms with Gasteiger partial charge in [0.25, 0.3) is 11.4 Å². The number of rotatable bonds is 5. The highest BCUT2D eigenvalue weighted by atomic mass is 19.4. The van der Waals surface area contributed by atoms with Gasteiger partial charge in [-0.3, -0.25) is 20.2 Å². The second-order valence-electron chi connectivity index (χ2n) is 6.51. The SMILES string of the molecule is CNc1cc(C(=O)OC)c([N+](=O)[O-])cc1C(F)(F)F.COC(=O)c1cc(F)c(C(F)(F)F)cc1[N+](=O)[O-]. The summed E-state index contributed by atoms with van der Waals surface area (Å²) < 4.78 is 96.7. The van der Waals surface area contributed by atoms with Crippen molar-refractivity contribution >= 4 is 29.0 Å². The van der Waals surface area contributed by atoms with Crippen LogP contribution in [-0.2, 0) is 21.8 Å². The van der Waals surface area contributed by atoms with E-state index in [1.54, 1.807) is 0 Å². The third-order valence-electron chi connectivity index (χ3n) is 4.31. The summed E-state index contributed by atoms with van der Waals surface area (Å²) in [5, 5.41) is 23.5. The molecule has 11 nitrogen and oxygen atoms in total. The van der Waals surface area contributed by atoms with E-state index in [-0.39, 0.29) is 12.1 Å². The Balaban J connectivity index is 0.000000371. The van der Waals surface area contributed by atoms with E-state index in [2.05, 4.69) is 14.8 Å². The van der Waals surface area contributed by atoms with Gasteiger partial charge in [-0.05, 0) is 12.1 Å². The Morgan fingerprint density at radius 1 is 0.784 bits per heavy atom. The van der Waals surface area contributed by atoms with E-state index >= 15 is 0 Å². The third kappa shape index (κ3) is 7.24. The molecule has 0 aliphatic heterocycles. The number of hydrogen-bond donors (Lipinski definition) is 1. The fourth-order valence-electron chi connectivity index (χ4n) is 2.66. The van der Waals surface area contributed by atoms with Crippen molar-refractivity contribution in [3.8, 4) is 0 Å². The third-order valence-corrected chi connectivity index (χ3v) is 4.31. The second-order valence-corrected chi connectivity index (χ2v) is 6.51. The number of ether oxygens (including phenoxy) is 2. The number of carbonyl (C=O) groups excluding carboxylic acids is 2. The highest BCUT2D eigenvalue weighted by Gasteiger charge is 2.39. The Morgan fingerprint density at radius 2 is 1.16 bits per heavy atom. The molecule has 1 N–H and O–H groups in total. The van der Waals surface area contributed by atoms with Gasteiger partial charge in [0.15, 0.2) is 0 Å². The quantitative estimate of drug-likeness (QED) is 0.237. The Kier molecular flexibility index (Phi) is 9.47. The molecule has 0 aliphatic rings. The van der Waals surface area contributed by atoms with Gasteiger partial charge in [-0.15, -0.1) is 0 Å². The molecule has 0 saturated heterocycles. The number of alkyl halides is 6. The van der Waals surface area contributed by atoms with E-state index < -0.39 is 79.3 Å². The van der Waals surface area contributed by atoms with Crippen LogP contribution in [0.25, 0.3) is 0 Å². The minimum atomic E-state index is -5.09. The highest BCUT2D eigenvalue weighted by Crippen LogP contribution is 2.39. The van der Waals surface area contributed by atoms with Gasteiger partial charge in [0.05, 0.1) is 35.2 Å². The topological polar surface area (TPSA) is 151 Å². The smallest absolute Gasteiger partial charge is 0.419 e. The van der Waals surface area contributed by atoms with E-state index in [0.717, 1.165) is 20.3 Å². The average Bonchev–Trinajstić information content (AvgIpc) is 2.80. The summed E-state index contributed by atoms with van der Waals surface area (Å²) in [4.78, 5) is 41.4. The number of esters is 2. The lowest BCUT2D eigenvalue weighted by atomic mass is 10.1. The predicted octanol–water partition coefficient (Wildman–Crippen LogP) is 4.98. The molecule has 0 fully saturated rings. The van der Waals surface area contributed by atoms with Crippen molar-refractivity contribution in [2.75, 3.05) is 26.6 Å². The minimum absolute atomic E-state index is 0.0401. The van der Waals surface area contributed by atoms with Crippen LogP contribution in [-0.4, -0.2) is 43.1 Å². The summed E-state index contributed by atoms with van der Waals surface area (Å²) in [5.74, 6) is -4.17. The van der Waals surface area contributed by atoms with Gasteiger partial charge in [-0.2, -0.15) is 26.3 Å². The highest BCUT2D eigenvalue weighted by molar-refractivity contribution is 5.95. The summed E-state index contributed by atoms with van der Waals surface area (Å²) in [6.07, 6.45) is -9.87. The molecular weight excluding hydrogens is 531 g/mol. The van der Waals surface area contributed by atoms with Gasteiger partial charge >= 0.3 is 24.3 Å². The molecule has 0 radical (unpaired) electrons. The maximum absolute atomic E-state index is 13.1. The molecule has 2 rings (SSSR count). The first-order chi connectivity index (χ1) is 16.9. The van der Waals surface area contributed by atoms with Crippen molar-refractivity contribution in [2.24, 2.45) is 0 Å². The lowest BCUT2D eigenvalue weighted by Crippen LogP contribution is -2.13. The Hall–Kier alpha value is -4.51. The Bertz CT molecular complexity index is 1230. The first-order valence-corrected chi connectivity index (χ1v) is 9.19. The fraction of sp³-hybridized carbons (Fsp3) is 0.263. The number of nitro benzene ring substituents is 2. The van der Waals surface area contributed by atoms with Crippen molar-refractivity contribution < 1.29 is 59.6 Å². The number of nitro groups is 2. The summed E-state index contributed by atoms with van der Waals surface area (Å²) in [6.45, 7) is 0. The largest absolute Gasteiger partial charge is 0.465 e. The molecule has 0 atom stereocenters. The van der Waals surface area contributed by atoms with Crippen molar-refractivity contribution in [3.05, 3.63) is 72.6 Å². The lowest BCUT2D eigenvalue weighted by molar-refractivity contribution is -0.385. The molecule has 0 heterocycles. The first kappa shape index (κ1) is 30.5. The molecule has 2 aromatic carbocycles. The zero-order valence-electron chi connectivity index (χ0n) is 18.6. The average molecular weight is 545 g/mol. The van der Waals surface area contributed by atoms with Gasteiger partial charge in [-0.25, -0.2) is 14.0 Å². The lowest BCUT2D eigenvalue weighted by Gasteiger charge is -2.13. The predicted molar refractivity (Wildman–Crippen MR) is 108 cm³/mol. The maximum Gasteiger partial charge on any atom is 0.419 e. The van der Waals surface area contributed by atoms with Gasteiger partial charge in [0, 0.05) is 24.9 Å². The van der Waals surface area contributed by atoms with Crippen LogP contribution in [0.2, 0.25) is 0 Å². The molecular formula is C19H14F7N3O8. The van der Waals surface area contributed by atoms with Crippen molar-refractivity contribution in [1.82, 2.24) is 0 Å². The monoisotopic (exact) mass is 545 g/mol. The first-order valence-electron chi connectivity index (χ1n) is 9.19. The molecule has 0 bridgehead atoms. The van der Waals surface area contributed by atoms with E-state index in [1.807, 2.05) is 0 Å². The zero-order valence-corrected chi connectivity index (χ0v) is 18.6. The number of carbonyl (C=O) groups is 2. The standard InChI is InChI=1S/C10H9F3N2O4.C9H5F4NO4/c1-14-7-3-5(9(16)19-2)8(15(17)18)4-6(7)10(11,12)13;1-18-8(15)4-2-6(10)5(9(11,12)13)3-7(4)14(16)17/h3-4,14H,1-2H3;2-3H,1H3. The summed E-state index contributed by atoms with van der Waals surface area (Å²) in [7, 11) is 3.04. The maximum atomic E-state index is 13.1. The van der Waals surface area contributed by atoms with Gasteiger partial charge < -0.3 is 14.8 Å². The molecule has 0 aromatic heterocycles. The summed E-state index contributed by atoms with van der Waals surface area (Å²) in [5.41, 5.74) is -7.05. The van der Waals surface area contributed by atoms with E-state index in [4.69, 9.17) is 0 Å². The van der Waals surface area contributed by atoms with E-state index in [9.17, 15) is 60.6 Å². The van der Waals surface area contributed by atoms with Crippen molar-refractivity contribution in [2.45, 2.75) is 12.4 Å². The number of nitrogens with zero attached hydrogens (tertiary/aromatic N) is 2. The zero-order chi connectivity index (χ0) is 28.9. The molecule has 202 valence electrons. The normalized spacial score (nSPS) is 11.1. The molecule has 0 aliphatic carbocycles. The second kappa shape index (κ2) is 11.5. The number of benzene rings is 2. The van der Waals surface area contributed by atoms with E-state index in [0.29, 0.717) is 6.07 Å². The van der Waals surface area contributed by atoms with Crippen LogP contribution in [0.15, 0.2) is 24.3 Å². The molecule has 2 aromatic rings. The summed E-state index contributed by atoms with van der Waals surface area (Å²) >= 11 is 0. The van der Waals surface area contributed by atoms with Crippen LogP contribution in [0.4, 0.5) is 47.8 Å². The van der Waals surface area contributed by atoms with E-state index in [1.165, 1.54) is 7.05 Å². The molecule has 18 heteroatoms. The van der Waals surface area contributed by atoms with Crippen LogP contribution < -0.4 is 5.32 Å². The van der Waals surface area contributed by atoms with Crippen LogP contribution >= 0.6 is 0 Å². The number of nitrogens with one attached hydrogen (secondary N) is 1. The van der Waals surface area contributed by atoms with Gasteiger partial charge in [0.2, 0.25) is 0 Å². The molecule has 37 heavy (non-hydrogen) atoms. The van der Waals surface area contributed by atoms with Crippen LogP contribution in [0.3, 0.4) is 0 Å². The van der Waals surface area contributed by atoms with Crippen molar-refractivity contribution in [3.63, 3.8) is 0 Å². The van der Waals surface area contributed by atoms with Crippen molar-refractivity contribution in [1.29, 1.82) is 0 Å². The van der Waals surface area contributed by atoms with Crippen LogP contribution in [0, 0.1) is 26.0 Å². The van der Waals surface area contributed by atoms with Crippen LogP contribution in [0.5, 0.6) is 0 Å². The molecule has 0 spiro atoms. The summed E-state index contributed by atoms with van der Waals surface area (Å²) in [6, 6.07) is 1.14. The number of hydrogen-bond acceptors (Lipinski definition) is 9. The molecule has 0 unspecified atom stereocenters.